The van der Waals surface area contributed by atoms with Crippen LogP contribution in [0.4, 0.5) is 0 Å². The molecule has 6 nitrogen and oxygen atoms in total. The molecule has 0 bridgehead atoms. The number of hydrogen-bond donors (Lipinski definition) is 1. The molecule has 156 valence electrons. The van der Waals surface area contributed by atoms with Gasteiger partial charge in [-0.15, -0.1) is 0 Å². The summed E-state index contributed by atoms with van der Waals surface area (Å²) in [6.45, 7) is 2.53. The summed E-state index contributed by atoms with van der Waals surface area (Å²) in [5, 5.41) is 3.05. The molecule has 0 saturated heterocycles. The maximum atomic E-state index is 12.6. The molecule has 0 aliphatic rings. The number of furan rings is 1. The Kier molecular flexibility index (Phi) is 7.16. The smallest absolute Gasteiger partial charge is 0.244 e. The van der Waals surface area contributed by atoms with Gasteiger partial charge in [-0.05, 0) is 60.5 Å². The number of ether oxygens (including phenoxy) is 3. The van der Waals surface area contributed by atoms with Gasteiger partial charge in [0.1, 0.15) is 11.5 Å². The number of carbonyl (C=O) groups excluding carboxylic acids is 1. The zero-order valence-electron chi connectivity index (χ0n) is 17.3. The Balaban J connectivity index is 1.90. The normalized spacial score (nSPS) is 11.8. The van der Waals surface area contributed by atoms with E-state index < -0.39 is 6.04 Å². The fraction of sp³-hybridized carbons (Fsp3) is 0.208. The summed E-state index contributed by atoms with van der Waals surface area (Å²) in [5.41, 5.74) is 1.77. The van der Waals surface area contributed by atoms with Crippen molar-refractivity contribution in [2.75, 3.05) is 20.8 Å². The highest BCUT2D eigenvalue weighted by molar-refractivity contribution is 5.91. The van der Waals surface area contributed by atoms with E-state index in [1.807, 2.05) is 49.4 Å². The quantitative estimate of drug-likeness (QED) is 0.525. The van der Waals surface area contributed by atoms with Gasteiger partial charge in [-0.25, -0.2) is 0 Å². The van der Waals surface area contributed by atoms with Crippen molar-refractivity contribution in [3.8, 4) is 17.2 Å². The lowest BCUT2D eigenvalue weighted by Crippen LogP contribution is -2.27. The Morgan fingerprint density at radius 3 is 2.40 bits per heavy atom. The predicted octanol–water partition coefficient (Wildman–Crippen LogP) is 4.61. The largest absolute Gasteiger partial charge is 0.494 e. The number of hydrogen-bond acceptors (Lipinski definition) is 5. The van der Waals surface area contributed by atoms with E-state index in [4.69, 9.17) is 18.6 Å². The highest BCUT2D eigenvalue weighted by atomic mass is 16.5. The van der Waals surface area contributed by atoms with E-state index in [1.165, 1.54) is 6.08 Å². The van der Waals surface area contributed by atoms with Crippen LogP contribution >= 0.6 is 0 Å². The van der Waals surface area contributed by atoms with E-state index in [2.05, 4.69) is 5.32 Å². The van der Waals surface area contributed by atoms with Gasteiger partial charge in [0.2, 0.25) is 5.91 Å². The molecule has 1 amide bonds. The molecule has 3 rings (SSSR count). The molecular formula is C24H25NO5. The molecule has 0 spiro atoms. The Bertz CT molecular complexity index is 977. The van der Waals surface area contributed by atoms with Crippen LogP contribution in [0.2, 0.25) is 0 Å². The first-order chi connectivity index (χ1) is 14.6. The lowest BCUT2D eigenvalue weighted by molar-refractivity contribution is -0.116. The van der Waals surface area contributed by atoms with Gasteiger partial charge in [0.25, 0.3) is 0 Å². The van der Waals surface area contributed by atoms with Crippen LogP contribution in [-0.2, 0) is 4.79 Å². The second-order valence-electron chi connectivity index (χ2n) is 6.41. The summed E-state index contributed by atoms with van der Waals surface area (Å²) >= 11 is 0. The van der Waals surface area contributed by atoms with Crippen molar-refractivity contribution in [1.82, 2.24) is 5.32 Å². The molecule has 3 aromatic rings. The summed E-state index contributed by atoms with van der Waals surface area (Å²) in [6, 6.07) is 16.4. The minimum atomic E-state index is -0.394. The number of nitrogens with one attached hydrogen (secondary N) is 1. The molecule has 0 unspecified atom stereocenters. The standard InChI is InChI=1S/C24H25NO5/c1-4-29-20-10-7-17(8-11-20)24(18-9-13-21(27-2)22(16-18)28-3)25-23(26)14-12-19-6-5-15-30-19/h5-16,24H,4H2,1-3H3,(H,25,26)/b14-12+/t24-/m1/s1. The maximum Gasteiger partial charge on any atom is 0.244 e. The molecule has 1 atom stereocenters. The average molecular weight is 407 g/mol. The Labute approximate surface area is 176 Å². The molecule has 1 N–H and O–H groups in total. The number of carbonyl (C=O) groups is 1. The van der Waals surface area contributed by atoms with E-state index in [-0.39, 0.29) is 5.91 Å². The molecule has 0 radical (unpaired) electrons. The van der Waals surface area contributed by atoms with Gasteiger partial charge < -0.3 is 23.9 Å². The highest BCUT2D eigenvalue weighted by Crippen LogP contribution is 2.32. The van der Waals surface area contributed by atoms with Crippen LogP contribution in [0.5, 0.6) is 17.2 Å². The number of benzene rings is 2. The van der Waals surface area contributed by atoms with Gasteiger partial charge in [0.05, 0.1) is 33.1 Å². The number of rotatable bonds is 9. The first kappa shape index (κ1) is 21.0. The van der Waals surface area contributed by atoms with Crippen LogP contribution in [0, 0.1) is 0 Å². The van der Waals surface area contributed by atoms with Crippen LogP contribution < -0.4 is 19.5 Å². The third-order valence-electron chi connectivity index (χ3n) is 4.49. The second-order valence-corrected chi connectivity index (χ2v) is 6.41. The van der Waals surface area contributed by atoms with Crippen LogP contribution in [0.3, 0.4) is 0 Å². The summed E-state index contributed by atoms with van der Waals surface area (Å²) in [5.74, 6) is 2.34. The van der Waals surface area contributed by atoms with Crippen molar-refractivity contribution < 1.29 is 23.4 Å². The van der Waals surface area contributed by atoms with Crippen molar-refractivity contribution in [2.45, 2.75) is 13.0 Å². The average Bonchev–Trinajstić information content (AvgIpc) is 3.30. The topological polar surface area (TPSA) is 69.9 Å². The minimum absolute atomic E-state index is 0.250. The van der Waals surface area contributed by atoms with Gasteiger partial charge in [-0.2, -0.15) is 0 Å². The van der Waals surface area contributed by atoms with Gasteiger partial charge in [-0.3, -0.25) is 4.79 Å². The van der Waals surface area contributed by atoms with Crippen molar-refractivity contribution in [1.29, 1.82) is 0 Å². The summed E-state index contributed by atoms with van der Waals surface area (Å²) in [4.78, 5) is 12.6. The van der Waals surface area contributed by atoms with Crippen LogP contribution in [0.1, 0.15) is 29.9 Å². The molecule has 1 heterocycles. The van der Waals surface area contributed by atoms with E-state index >= 15 is 0 Å². The third kappa shape index (κ3) is 5.23. The van der Waals surface area contributed by atoms with Gasteiger partial charge in [0, 0.05) is 6.08 Å². The number of amides is 1. The van der Waals surface area contributed by atoms with Gasteiger partial charge in [-0.1, -0.05) is 18.2 Å². The first-order valence-corrected chi connectivity index (χ1v) is 9.61. The first-order valence-electron chi connectivity index (χ1n) is 9.61. The summed E-state index contributed by atoms with van der Waals surface area (Å²) in [7, 11) is 3.17. The van der Waals surface area contributed by atoms with E-state index in [0.717, 1.165) is 16.9 Å². The Hall–Kier alpha value is -3.67. The van der Waals surface area contributed by atoms with Gasteiger partial charge >= 0.3 is 0 Å². The fourth-order valence-corrected chi connectivity index (χ4v) is 3.05. The predicted molar refractivity (Wildman–Crippen MR) is 115 cm³/mol. The molecule has 2 aromatic carbocycles. The molecule has 0 fully saturated rings. The zero-order valence-corrected chi connectivity index (χ0v) is 17.3. The SMILES string of the molecule is CCOc1ccc([C@@H](NC(=O)/C=C/c2ccco2)c2ccc(OC)c(OC)c2)cc1. The van der Waals surface area contributed by atoms with Crippen LogP contribution in [0.15, 0.2) is 71.4 Å². The lowest BCUT2D eigenvalue weighted by atomic mass is 9.98. The van der Waals surface area contributed by atoms with Crippen molar-refractivity contribution >= 4 is 12.0 Å². The lowest BCUT2D eigenvalue weighted by Gasteiger charge is -2.21. The zero-order chi connectivity index (χ0) is 21.3. The molecule has 6 heteroatoms. The maximum absolute atomic E-state index is 12.6. The molecule has 30 heavy (non-hydrogen) atoms. The molecule has 0 aliphatic heterocycles. The van der Waals surface area contributed by atoms with Gasteiger partial charge in [0.15, 0.2) is 11.5 Å². The molecule has 0 aliphatic carbocycles. The monoisotopic (exact) mass is 407 g/mol. The van der Waals surface area contributed by atoms with E-state index in [9.17, 15) is 4.79 Å². The van der Waals surface area contributed by atoms with Crippen LogP contribution in [-0.4, -0.2) is 26.7 Å². The summed E-state index contributed by atoms with van der Waals surface area (Å²) < 4.78 is 21.5. The Morgan fingerprint density at radius 1 is 1.03 bits per heavy atom. The van der Waals surface area contributed by atoms with Crippen LogP contribution in [0.25, 0.3) is 6.08 Å². The van der Waals surface area contributed by atoms with E-state index in [1.54, 1.807) is 38.7 Å². The molecular weight excluding hydrogens is 382 g/mol. The van der Waals surface area contributed by atoms with Crippen molar-refractivity contribution in [2.24, 2.45) is 0 Å². The van der Waals surface area contributed by atoms with E-state index in [0.29, 0.717) is 23.9 Å². The minimum Gasteiger partial charge on any atom is -0.494 e. The Morgan fingerprint density at radius 2 is 1.77 bits per heavy atom. The highest BCUT2D eigenvalue weighted by Gasteiger charge is 2.18. The molecule has 0 saturated carbocycles. The second kappa shape index (κ2) is 10.2. The summed E-state index contributed by atoms with van der Waals surface area (Å²) in [6.07, 6.45) is 4.63. The number of methoxy groups -OCH3 is 2. The van der Waals surface area contributed by atoms with Crippen molar-refractivity contribution in [3.05, 3.63) is 83.8 Å². The molecule has 1 aromatic heterocycles. The fourth-order valence-electron chi connectivity index (χ4n) is 3.05. The third-order valence-corrected chi connectivity index (χ3v) is 4.49. The van der Waals surface area contributed by atoms with Crippen molar-refractivity contribution in [3.63, 3.8) is 0 Å².